The second-order valence-electron chi connectivity index (χ2n) is 5.58. The maximum atomic E-state index is 11.7. The van der Waals surface area contributed by atoms with Gasteiger partial charge in [-0.1, -0.05) is 0 Å². The molecule has 0 saturated carbocycles. The van der Waals surface area contributed by atoms with E-state index in [4.69, 9.17) is 8.92 Å². The normalized spacial score (nSPS) is 25.6. The van der Waals surface area contributed by atoms with Crippen molar-refractivity contribution in [3.8, 4) is 0 Å². The number of amides is 1. The number of carbonyl (C=O) groups excluding carboxylic acids is 1. The van der Waals surface area contributed by atoms with Crippen molar-refractivity contribution in [2.75, 3.05) is 19.7 Å². The molecule has 0 unspecified atom stereocenters. The van der Waals surface area contributed by atoms with Crippen LogP contribution in [0.4, 0.5) is 4.79 Å². The van der Waals surface area contributed by atoms with Gasteiger partial charge in [0.25, 0.3) is 0 Å². The first-order chi connectivity index (χ1) is 8.11. The minimum absolute atomic E-state index is 0.0878. The lowest BCUT2D eigenvalue weighted by molar-refractivity contribution is -0.108. The van der Waals surface area contributed by atoms with E-state index in [1.54, 1.807) is 20.8 Å². The Morgan fingerprint density at radius 2 is 1.94 bits per heavy atom. The van der Waals surface area contributed by atoms with E-state index in [1.165, 1.54) is 4.90 Å². The fraction of sp³-hybridized carbons (Fsp3) is 0.900. The van der Waals surface area contributed by atoms with Gasteiger partial charge in [0, 0.05) is 6.42 Å². The van der Waals surface area contributed by atoms with Crippen LogP contribution in [0.15, 0.2) is 0 Å². The molecule has 1 spiro atoms. The summed E-state index contributed by atoms with van der Waals surface area (Å²) in [5.74, 6) is 0. The Bertz CT molecular complexity index is 445. The molecule has 0 aliphatic carbocycles. The molecule has 2 aliphatic heterocycles. The lowest BCUT2D eigenvalue weighted by atomic mass is 9.91. The second kappa shape index (κ2) is 4.07. The first-order valence-corrected chi connectivity index (χ1v) is 7.02. The zero-order valence-electron chi connectivity index (χ0n) is 10.6. The molecule has 2 fully saturated rings. The molecule has 0 aromatic carbocycles. The third kappa shape index (κ3) is 2.93. The van der Waals surface area contributed by atoms with Crippen molar-refractivity contribution in [2.45, 2.75) is 38.4 Å². The molecule has 1 amide bonds. The van der Waals surface area contributed by atoms with E-state index in [2.05, 4.69) is 4.18 Å². The Hall–Kier alpha value is -0.860. The summed E-state index contributed by atoms with van der Waals surface area (Å²) in [5.41, 5.74) is -1.39. The van der Waals surface area contributed by atoms with E-state index in [-0.39, 0.29) is 19.7 Å². The van der Waals surface area contributed by atoms with E-state index in [1.807, 2.05) is 0 Å². The van der Waals surface area contributed by atoms with E-state index in [0.29, 0.717) is 6.42 Å². The number of nitrogens with zero attached hydrogens (tertiary/aromatic N) is 1. The highest BCUT2D eigenvalue weighted by Gasteiger charge is 2.52. The summed E-state index contributed by atoms with van der Waals surface area (Å²) >= 11 is 0. The van der Waals surface area contributed by atoms with E-state index in [9.17, 15) is 13.2 Å². The largest absolute Gasteiger partial charge is 0.444 e. The lowest BCUT2D eigenvalue weighted by Gasteiger charge is -2.49. The molecule has 0 N–H and O–H groups in total. The summed E-state index contributed by atoms with van der Waals surface area (Å²) in [6.07, 6.45) is -0.00784. The van der Waals surface area contributed by atoms with Gasteiger partial charge < -0.3 is 9.64 Å². The van der Waals surface area contributed by atoms with E-state index >= 15 is 0 Å². The van der Waals surface area contributed by atoms with Crippen molar-refractivity contribution in [1.29, 1.82) is 0 Å². The van der Waals surface area contributed by atoms with Crippen LogP contribution >= 0.6 is 0 Å². The maximum absolute atomic E-state index is 11.7. The van der Waals surface area contributed by atoms with Crippen LogP contribution in [0.1, 0.15) is 27.2 Å². The molecule has 2 heterocycles. The molecule has 0 atom stereocenters. The summed E-state index contributed by atoms with van der Waals surface area (Å²) in [6, 6.07) is 0. The van der Waals surface area contributed by atoms with Crippen LogP contribution in [0, 0.1) is 0 Å². The van der Waals surface area contributed by atoms with Crippen molar-refractivity contribution in [3.05, 3.63) is 0 Å². The zero-order chi connectivity index (χ0) is 13.6. The minimum atomic E-state index is -3.91. The van der Waals surface area contributed by atoms with Gasteiger partial charge in [0.05, 0.1) is 19.7 Å². The molecule has 0 radical (unpaired) electrons. The van der Waals surface area contributed by atoms with Gasteiger partial charge in [0.2, 0.25) is 0 Å². The number of rotatable bonds is 0. The number of hydrogen-bond acceptors (Lipinski definition) is 6. The van der Waals surface area contributed by atoms with Crippen molar-refractivity contribution in [1.82, 2.24) is 4.90 Å². The Morgan fingerprint density at radius 3 is 2.44 bits per heavy atom. The van der Waals surface area contributed by atoms with Gasteiger partial charge in [-0.15, -0.1) is 0 Å². The Labute approximate surface area is 106 Å². The lowest BCUT2D eigenvalue weighted by Crippen LogP contribution is -2.67. The molecule has 8 heteroatoms. The number of likely N-dealkylation sites (tertiary alicyclic amines) is 1. The summed E-state index contributed by atoms with van der Waals surface area (Å²) in [4.78, 5) is 13.1. The maximum Gasteiger partial charge on any atom is 0.410 e. The van der Waals surface area contributed by atoms with Crippen LogP contribution in [0.5, 0.6) is 0 Å². The van der Waals surface area contributed by atoms with Crippen molar-refractivity contribution in [2.24, 2.45) is 0 Å². The average molecular weight is 279 g/mol. The minimum Gasteiger partial charge on any atom is -0.444 e. The van der Waals surface area contributed by atoms with Crippen LogP contribution in [0.25, 0.3) is 0 Å². The fourth-order valence-electron chi connectivity index (χ4n) is 1.93. The van der Waals surface area contributed by atoms with Crippen LogP contribution in [0.2, 0.25) is 0 Å². The monoisotopic (exact) mass is 279 g/mol. The quantitative estimate of drug-likeness (QED) is 0.648. The molecule has 0 bridgehead atoms. The van der Waals surface area contributed by atoms with Gasteiger partial charge >= 0.3 is 16.5 Å². The standard InChI is InChI=1S/C10H17NO6S/c1-9(2,3)16-8(12)11-6-10(7-11)4-5-15-18(13,14)17-10/h4-7H2,1-3H3. The first kappa shape index (κ1) is 13.6. The van der Waals surface area contributed by atoms with Gasteiger partial charge in [0.1, 0.15) is 11.2 Å². The molecule has 7 nitrogen and oxygen atoms in total. The molecule has 0 aromatic heterocycles. The molecule has 104 valence electrons. The fourth-order valence-corrected chi connectivity index (χ4v) is 2.89. The van der Waals surface area contributed by atoms with Gasteiger partial charge in [-0.25, -0.2) is 13.2 Å². The number of carbonyl (C=O) groups is 1. The van der Waals surface area contributed by atoms with Crippen molar-refractivity contribution < 1.29 is 26.3 Å². The molecule has 18 heavy (non-hydrogen) atoms. The van der Waals surface area contributed by atoms with Crippen molar-refractivity contribution >= 4 is 16.5 Å². The van der Waals surface area contributed by atoms with Crippen LogP contribution in [-0.4, -0.2) is 50.3 Å². The van der Waals surface area contributed by atoms with Gasteiger partial charge in [-0.3, -0.25) is 0 Å². The summed E-state index contributed by atoms with van der Waals surface area (Å²) in [6.45, 7) is 5.83. The predicted molar refractivity (Wildman–Crippen MR) is 61.1 cm³/mol. The highest BCUT2D eigenvalue weighted by Crippen LogP contribution is 2.35. The molecule has 2 aliphatic rings. The van der Waals surface area contributed by atoms with Gasteiger partial charge in [-0.2, -0.15) is 8.42 Å². The molecule has 2 saturated heterocycles. The molecular weight excluding hydrogens is 262 g/mol. The topological polar surface area (TPSA) is 82.1 Å². The highest BCUT2D eigenvalue weighted by molar-refractivity contribution is 7.81. The molecular formula is C10H17NO6S. The van der Waals surface area contributed by atoms with Gasteiger partial charge in [0.15, 0.2) is 0 Å². The average Bonchev–Trinajstić information content (AvgIpc) is 2.09. The SMILES string of the molecule is CC(C)(C)OC(=O)N1CC2(CCOS(=O)(=O)O2)C1. The summed E-state index contributed by atoms with van der Waals surface area (Å²) in [5, 5.41) is 0. The summed E-state index contributed by atoms with van der Waals surface area (Å²) in [7, 11) is -3.91. The van der Waals surface area contributed by atoms with E-state index < -0.39 is 27.7 Å². The van der Waals surface area contributed by atoms with Crippen LogP contribution < -0.4 is 0 Å². The predicted octanol–water partition coefficient (Wildman–Crippen LogP) is 0.658. The van der Waals surface area contributed by atoms with Crippen LogP contribution in [-0.2, 0) is 23.5 Å². The first-order valence-electron chi connectivity index (χ1n) is 5.69. The van der Waals surface area contributed by atoms with Crippen molar-refractivity contribution in [3.63, 3.8) is 0 Å². The highest BCUT2D eigenvalue weighted by atomic mass is 32.3. The van der Waals surface area contributed by atoms with E-state index in [0.717, 1.165) is 0 Å². The second-order valence-corrected chi connectivity index (χ2v) is 6.80. The third-order valence-electron chi connectivity index (χ3n) is 2.67. The van der Waals surface area contributed by atoms with Crippen LogP contribution in [0.3, 0.4) is 0 Å². The number of ether oxygens (including phenoxy) is 1. The van der Waals surface area contributed by atoms with Gasteiger partial charge in [-0.05, 0) is 20.8 Å². The Balaban J connectivity index is 1.92. The number of hydrogen-bond donors (Lipinski definition) is 0. The molecule has 0 aromatic rings. The Morgan fingerprint density at radius 1 is 1.33 bits per heavy atom. The zero-order valence-corrected chi connectivity index (χ0v) is 11.4. The third-order valence-corrected chi connectivity index (χ3v) is 3.69. The smallest absolute Gasteiger partial charge is 0.410 e. The molecule has 2 rings (SSSR count). The Kier molecular flexibility index (Phi) is 3.07. The summed E-state index contributed by atoms with van der Waals surface area (Å²) < 4.78 is 36.9.